The molecule has 2 rings (SSSR count). The van der Waals surface area contributed by atoms with Gasteiger partial charge < -0.3 is 10.2 Å². The predicted molar refractivity (Wildman–Crippen MR) is 56.2 cm³/mol. The van der Waals surface area contributed by atoms with Gasteiger partial charge in [-0.05, 0) is 26.0 Å². The van der Waals surface area contributed by atoms with Crippen LogP contribution in [0.1, 0.15) is 13.3 Å². The van der Waals surface area contributed by atoms with Crippen LogP contribution in [-0.2, 0) is 4.79 Å². The summed E-state index contributed by atoms with van der Waals surface area (Å²) in [5, 5.41) is 2.78. The van der Waals surface area contributed by atoms with Gasteiger partial charge in [-0.15, -0.1) is 0 Å². The first-order chi connectivity index (χ1) is 7.43. The fourth-order valence-electron chi connectivity index (χ4n) is 2.62. The van der Waals surface area contributed by atoms with E-state index in [0.29, 0.717) is 13.0 Å². The van der Waals surface area contributed by atoms with E-state index in [1.807, 2.05) is 0 Å². The number of halogens is 2. The lowest BCUT2D eigenvalue weighted by Gasteiger charge is -2.57. The van der Waals surface area contributed by atoms with Crippen molar-refractivity contribution in [3.63, 3.8) is 0 Å². The summed E-state index contributed by atoms with van der Waals surface area (Å²) in [6.45, 7) is 5.75. The van der Waals surface area contributed by atoms with Gasteiger partial charge in [0.05, 0.1) is 11.5 Å². The van der Waals surface area contributed by atoms with Crippen LogP contribution in [0.4, 0.5) is 8.78 Å². The maximum Gasteiger partial charge on any atom is 0.271 e. The molecule has 3 nitrogen and oxygen atoms in total. The summed E-state index contributed by atoms with van der Waals surface area (Å²) in [6, 6.07) is -0.817. The first-order valence-corrected chi connectivity index (χ1v) is 5.45. The summed E-state index contributed by atoms with van der Waals surface area (Å²) < 4.78 is 28.0. The van der Waals surface area contributed by atoms with Crippen molar-refractivity contribution in [2.75, 3.05) is 19.6 Å². The molecule has 16 heavy (non-hydrogen) atoms. The van der Waals surface area contributed by atoms with E-state index in [2.05, 4.69) is 11.9 Å². The molecule has 90 valence electrons. The van der Waals surface area contributed by atoms with E-state index >= 15 is 0 Å². The average Bonchev–Trinajstić information content (AvgIpc) is 2.18. The molecule has 2 saturated heterocycles. The number of carbonyl (C=O) groups is 1. The maximum atomic E-state index is 14.0. The second kappa shape index (κ2) is 3.52. The zero-order chi connectivity index (χ0) is 12.0. The Morgan fingerprint density at radius 1 is 1.56 bits per heavy atom. The Morgan fingerprint density at radius 2 is 2.19 bits per heavy atom. The Labute approximate surface area is 93.5 Å². The molecule has 2 heterocycles. The summed E-state index contributed by atoms with van der Waals surface area (Å²) in [5.74, 6) is -3.00. The number of nitrogens with one attached hydrogen (secondary N) is 1. The lowest BCUT2D eigenvalue weighted by atomic mass is 9.67. The molecule has 2 fully saturated rings. The van der Waals surface area contributed by atoms with Crippen molar-refractivity contribution in [3.8, 4) is 0 Å². The molecule has 0 radical (unpaired) electrons. The van der Waals surface area contributed by atoms with Gasteiger partial charge >= 0.3 is 0 Å². The molecule has 0 aliphatic carbocycles. The molecule has 0 aromatic rings. The zero-order valence-electron chi connectivity index (χ0n) is 9.30. The second-order valence-electron chi connectivity index (χ2n) is 4.73. The molecule has 0 aromatic heterocycles. The minimum absolute atomic E-state index is 0.150. The highest BCUT2D eigenvalue weighted by Gasteiger charge is 2.64. The van der Waals surface area contributed by atoms with Gasteiger partial charge in [-0.3, -0.25) is 4.79 Å². The van der Waals surface area contributed by atoms with E-state index in [0.717, 1.165) is 0 Å². The van der Waals surface area contributed by atoms with Gasteiger partial charge in [-0.25, -0.2) is 8.78 Å². The maximum absolute atomic E-state index is 14.0. The van der Waals surface area contributed by atoms with E-state index in [-0.39, 0.29) is 19.0 Å². The fourth-order valence-corrected chi connectivity index (χ4v) is 2.62. The van der Waals surface area contributed by atoms with Crippen molar-refractivity contribution in [3.05, 3.63) is 12.7 Å². The van der Waals surface area contributed by atoms with E-state index in [9.17, 15) is 13.6 Å². The number of hydrogen-bond acceptors (Lipinski definition) is 2. The van der Waals surface area contributed by atoms with Crippen molar-refractivity contribution in [2.45, 2.75) is 25.3 Å². The van der Waals surface area contributed by atoms with Gasteiger partial charge in [0.15, 0.2) is 0 Å². The van der Waals surface area contributed by atoms with Crippen LogP contribution < -0.4 is 5.32 Å². The lowest BCUT2D eigenvalue weighted by molar-refractivity contribution is -0.219. The summed E-state index contributed by atoms with van der Waals surface area (Å²) >= 11 is 0. The van der Waals surface area contributed by atoms with E-state index in [1.165, 1.54) is 17.9 Å². The number of piperidine rings is 1. The largest absolute Gasteiger partial charge is 0.337 e. The van der Waals surface area contributed by atoms with Crippen LogP contribution in [0.5, 0.6) is 0 Å². The highest BCUT2D eigenvalue weighted by Crippen LogP contribution is 2.50. The van der Waals surface area contributed by atoms with E-state index < -0.39 is 17.4 Å². The molecule has 0 bridgehead atoms. The lowest BCUT2D eigenvalue weighted by Crippen LogP contribution is -2.72. The molecule has 2 aliphatic rings. The number of carbonyl (C=O) groups excluding carboxylic acids is 1. The monoisotopic (exact) mass is 230 g/mol. The number of rotatable bonds is 1. The summed E-state index contributed by atoms with van der Waals surface area (Å²) in [7, 11) is 0. The Balaban J connectivity index is 2.11. The summed E-state index contributed by atoms with van der Waals surface area (Å²) in [5.41, 5.74) is -1.02. The number of amides is 1. The Kier molecular flexibility index (Phi) is 2.53. The van der Waals surface area contributed by atoms with Crippen molar-refractivity contribution in [2.24, 2.45) is 5.41 Å². The highest BCUT2D eigenvalue weighted by molar-refractivity contribution is 5.87. The molecule has 0 saturated carbocycles. The topological polar surface area (TPSA) is 32.3 Å². The third-order valence-electron chi connectivity index (χ3n) is 3.78. The zero-order valence-corrected chi connectivity index (χ0v) is 9.30. The Hall–Kier alpha value is -0.970. The minimum Gasteiger partial charge on any atom is -0.337 e. The molecule has 1 atom stereocenters. The van der Waals surface area contributed by atoms with Gasteiger partial charge in [0.2, 0.25) is 5.91 Å². The predicted octanol–water partition coefficient (Wildman–Crippen LogP) is 1.02. The molecule has 2 aliphatic heterocycles. The molecular formula is C11H16F2N2O. The third-order valence-corrected chi connectivity index (χ3v) is 3.78. The van der Waals surface area contributed by atoms with Crippen LogP contribution in [0.15, 0.2) is 12.7 Å². The average molecular weight is 230 g/mol. The standard InChI is InChI=1S/C11H16F2N2O/c1-3-9(16)15-6-10(7-15)4-5-14-8(2)11(10,12)13/h3,8,14H,1,4-7H2,2H3/t8-/m0/s1. The van der Waals surface area contributed by atoms with E-state index in [1.54, 1.807) is 0 Å². The highest BCUT2D eigenvalue weighted by atomic mass is 19.3. The van der Waals surface area contributed by atoms with Gasteiger partial charge in [0.1, 0.15) is 0 Å². The van der Waals surface area contributed by atoms with Crippen molar-refractivity contribution >= 4 is 5.91 Å². The van der Waals surface area contributed by atoms with Crippen molar-refractivity contribution < 1.29 is 13.6 Å². The Morgan fingerprint density at radius 3 is 2.75 bits per heavy atom. The molecule has 0 aromatic carbocycles. The van der Waals surface area contributed by atoms with E-state index in [4.69, 9.17) is 0 Å². The summed E-state index contributed by atoms with van der Waals surface area (Å²) in [6.07, 6.45) is 1.60. The van der Waals surface area contributed by atoms with Gasteiger partial charge in [0, 0.05) is 13.1 Å². The first kappa shape index (κ1) is 11.5. The molecule has 0 unspecified atom stereocenters. The first-order valence-electron chi connectivity index (χ1n) is 5.45. The SMILES string of the molecule is C=CC(=O)N1CC2(CCN[C@@H](C)C2(F)F)C1. The molecular weight excluding hydrogens is 214 g/mol. The number of nitrogens with zero attached hydrogens (tertiary/aromatic N) is 1. The van der Waals surface area contributed by atoms with Crippen LogP contribution in [0.25, 0.3) is 0 Å². The van der Waals surface area contributed by atoms with Crippen LogP contribution >= 0.6 is 0 Å². The normalized spacial score (nSPS) is 30.9. The number of hydrogen-bond donors (Lipinski definition) is 1. The van der Waals surface area contributed by atoms with Gasteiger partial charge in [0.25, 0.3) is 5.92 Å². The second-order valence-corrected chi connectivity index (χ2v) is 4.73. The van der Waals surface area contributed by atoms with Crippen LogP contribution in [-0.4, -0.2) is 42.4 Å². The number of likely N-dealkylation sites (tertiary alicyclic amines) is 1. The smallest absolute Gasteiger partial charge is 0.271 e. The molecule has 1 N–H and O–H groups in total. The van der Waals surface area contributed by atoms with Gasteiger partial charge in [-0.2, -0.15) is 0 Å². The van der Waals surface area contributed by atoms with Crippen LogP contribution in [0, 0.1) is 5.41 Å². The fraction of sp³-hybridized carbons (Fsp3) is 0.727. The van der Waals surface area contributed by atoms with Crippen molar-refractivity contribution in [1.29, 1.82) is 0 Å². The third kappa shape index (κ3) is 1.38. The molecule has 1 amide bonds. The summed E-state index contributed by atoms with van der Waals surface area (Å²) in [4.78, 5) is 12.7. The Bertz CT molecular complexity index is 324. The minimum atomic E-state index is -2.75. The van der Waals surface area contributed by atoms with Crippen molar-refractivity contribution in [1.82, 2.24) is 10.2 Å². The molecule has 5 heteroatoms. The van der Waals surface area contributed by atoms with Crippen LogP contribution in [0.3, 0.4) is 0 Å². The molecule has 1 spiro atoms. The quantitative estimate of drug-likeness (QED) is 0.682. The van der Waals surface area contributed by atoms with Crippen LogP contribution in [0.2, 0.25) is 0 Å². The number of alkyl halides is 2. The van der Waals surface area contributed by atoms with Gasteiger partial charge in [-0.1, -0.05) is 6.58 Å².